The zero-order chi connectivity index (χ0) is 10.4. The monoisotopic (exact) mass is 214 g/mol. The van der Waals surface area contributed by atoms with Crippen molar-refractivity contribution in [1.29, 1.82) is 0 Å². The minimum Gasteiger partial charge on any atom is -0.480 e. The standard InChI is InChI=1S/C9H14O4Si/c1-10-14(11-2,12-3)13-9-7-5-4-6-8-9/h4-8H,1-3H3. The second kappa shape index (κ2) is 5.11. The first kappa shape index (κ1) is 11.2. The van der Waals surface area contributed by atoms with E-state index in [9.17, 15) is 0 Å². The topological polar surface area (TPSA) is 36.9 Å². The Labute approximate surface area is 84.9 Å². The van der Waals surface area contributed by atoms with E-state index in [0.717, 1.165) is 0 Å². The Balaban J connectivity index is 2.74. The number of rotatable bonds is 5. The SMILES string of the molecule is CO[Si](OC)(OC)Oc1ccccc1. The number of hydrogen-bond donors (Lipinski definition) is 0. The van der Waals surface area contributed by atoms with Crippen LogP contribution in [0.1, 0.15) is 0 Å². The van der Waals surface area contributed by atoms with Crippen molar-refractivity contribution in [1.82, 2.24) is 0 Å². The molecule has 0 fully saturated rings. The highest BCUT2D eigenvalue weighted by molar-refractivity contribution is 6.54. The Morgan fingerprint density at radius 2 is 1.36 bits per heavy atom. The molecule has 0 aliphatic carbocycles. The summed E-state index contributed by atoms with van der Waals surface area (Å²) in [5.41, 5.74) is 0. The fourth-order valence-corrected chi connectivity index (χ4v) is 2.18. The lowest BCUT2D eigenvalue weighted by Crippen LogP contribution is -2.49. The molecule has 14 heavy (non-hydrogen) atoms. The van der Waals surface area contributed by atoms with Gasteiger partial charge in [-0.2, -0.15) is 0 Å². The van der Waals surface area contributed by atoms with Gasteiger partial charge in [-0.05, 0) is 12.1 Å². The van der Waals surface area contributed by atoms with Crippen LogP contribution in [0.25, 0.3) is 0 Å². The molecular formula is C9H14O4Si. The summed E-state index contributed by atoms with van der Waals surface area (Å²) in [6.07, 6.45) is 0. The lowest BCUT2D eigenvalue weighted by molar-refractivity contribution is 0.0510. The van der Waals surface area contributed by atoms with Crippen LogP contribution in [-0.4, -0.2) is 30.4 Å². The van der Waals surface area contributed by atoms with E-state index in [1.807, 2.05) is 30.3 Å². The van der Waals surface area contributed by atoms with Gasteiger partial charge < -0.3 is 17.7 Å². The van der Waals surface area contributed by atoms with E-state index in [1.165, 1.54) is 21.3 Å². The smallest absolute Gasteiger partial charge is 0.480 e. The summed E-state index contributed by atoms with van der Waals surface area (Å²) in [5, 5.41) is 0. The van der Waals surface area contributed by atoms with Crippen molar-refractivity contribution >= 4 is 9.05 Å². The summed E-state index contributed by atoms with van der Waals surface area (Å²) in [4.78, 5) is 0. The van der Waals surface area contributed by atoms with Crippen LogP contribution in [0.3, 0.4) is 0 Å². The first-order chi connectivity index (χ1) is 6.76. The molecule has 1 aromatic rings. The summed E-state index contributed by atoms with van der Waals surface area (Å²) < 4.78 is 20.9. The second-order valence-electron chi connectivity index (χ2n) is 2.53. The first-order valence-electron chi connectivity index (χ1n) is 4.16. The second-order valence-corrected chi connectivity index (χ2v) is 4.96. The molecule has 0 heterocycles. The van der Waals surface area contributed by atoms with Crippen LogP contribution in [0.2, 0.25) is 0 Å². The predicted molar refractivity (Wildman–Crippen MR) is 53.9 cm³/mol. The zero-order valence-electron chi connectivity index (χ0n) is 8.52. The van der Waals surface area contributed by atoms with E-state index in [0.29, 0.717) is 5.75 Å². The van der Waals surface area contributed by atoms with Crippen molar-refractivity contribution in [2.75, 3.05) is 21.3 Å². The molecule has 5 heteroatoms. The average Bonchev–Trinajstić information content (AvgIpc) is 2.28. The summed E-state index contributed by atoms with van der Waals surface area (Å²) in [7, 11) is 1.55. The van der Waals surface area contributed by atoms with Gasteiger partial charge in [-0.1, -0.05) is 18.2 Å². The number of hydrogen-bond acceptors (Lipinski definition) is 4. The van der Waals surface area contributed by atoms with Gasteiger partial charge in [-0.3, -0.25) is 0 Å². The normalized spacial score (nSPS) is 11.4. The number of benzene rings is 1. The van der Waals surface area contributed by atoms with Crippen LogP contribution < -0.4 is 4.43 Å². The molecular weight excluding hydrogens is 200 g/mol. The summed E-state index contributed by atoms with van der Waals surface area (Å²) in [6, 6.07) is 9.28. The molecule has 0 bridgehead atoms. The summed E-state index contributed by atoms with van der Waals surface area (Å²) >= 11 is 0. The van der Waals surface area contributed by atoms with E-state index in [1.54, 1.807) is 0 Å². The van der Waals surface area contributed by atoms with Gasteiger partial charge in [0, 0.05) is 21.3 Å². The molecule has 0 amide bonds. The molecule has 0 saturated heterocycles. The number of para-hydroxylation sites is 1. The molecule has 0 aliphatic heterocycles. The molecule has 0 aliphatic rings. The molecule has 1 rings (SSSR count). The predicted octanol–water partition coefficient (Wildman–Crippen LogP) is 1.44. The fraction of sp³-hybridized carbons (Fsp3) is 0.333. The molecule has 0 spiro atoms. The quantitative estimate of drug-likeness (QED) is 0.695. The molecule has 1 aromatic carbocycles. The van der Waals surface area contributed by atoms with Crippen LogP contribution in [0.5, 0.6) is 5.75 Å². The third-order valence-electron chi connectivity index (χ3n) is 1.74. The van der Waals surface area contributed by atoms with Gasteiger partial charge in [-0.15, -0.1) is 0 Å². The van der Waals surface area contributed by atoms with Gasteiger partial charge in [0.15, 0.2) is 0 Å². The van der Waals surface area contributed by atoms with E-state index < -0.39 is 9.05 Å². The maximum absolute atomic E-state index is 5.52. The minimum absolute atomic E-state index is 0.671. The Bertz CT molecular complexity index is 253. The van der Waals surface area contributed by atoms with Crippen LogP contribution in [-0.2, 0) is 13.3 Å². The average molecular weight is 214 g/mol. The molecule has 0 unspecified atom stereocenters. The fourth-order valence-electron chi connectivity index (χ4n) is 1.01. The zero-order valence-corrected chi connectivity index (χ0v) is 9.52. The van der Waals surface area contributed by atoms with Gasteiger partial charge in [0.05, 0.1) is 0 Å². The summed E-state index contributed by atoms with van der Waals surface area (Å²) in [6.45, 7) is 0. The first-order valence-corrected chi connectivity index (χ1v) is 5.79. The van der Waals surface area contributed by atoms with E-state index in [4.69, 9.17) is 17.7 Å². The van der Waals surface area contributed by atoms with E-state index in [2.05, 4.69) is 0 Å². The van der Waals surface area contributed by atoms with Crippen LogP contribution in [0.4, 0.5) is 0 Å². The highest BCUT2D eigenvalue weighted by atomic mass is 28.4. The highest BCUT2D eigenvalue weighted by Gasteiger charge is 2.45. The lowest BCUT2D eigenvalue weighted by Gasteiger charge is -2.23. The van der Waals surface area contributed by atoms with Gasteiger partial charge in [0.1, 0.15) is 5.75 Å². The van der Waals surface area contributed by atoms with E-state index in [-0.39, 0.29) is 0 Å². The van der Waals surface area contributed by atoms with Crippen LogP contribution in [0.15, 0.2) is 30.3 Å². The molecule has 0 aromatic heterocycles. The van der Waals surface area contributed by atoms with Gasteiger partial charge in [-0.25, -0.2) is 0 Å². The third kappa shape index (κ3) is 2.55. The largest absolute Gasteiger partial charge is 0.748 e. The van der Waals surface area contributed by atoms with Crippen molar-refractivity contribution in [2.24, 2.45) is 0 Å². The third-order valence-corrected chi connectivity index (χ3v) is 3.72. The van der Waals surface area contributed by atoms with Crippen molar-refractivity contribution in [3.8, 4) is 5.75 Å². The van der Waals surface area contributed by atoms with Crippen molar-refractivity contribution < 1.29 is 17.7 Å². The molecule has 78 valence electrons. The summed E-state index contributed by atoms with van der Waals surface area (Å²) in [5.74, 6) is 0.671. The maximum atomic E-state index is 5.52. The Kier molecular flexibility index (Phi) is 4.09. The van der Waals surface area contributed by atoms with Gasteiger partial charge >= 0.3 is 9.05 Å². The minimum atomic E-state index is -2.96. The molecule has 0 atom stereocenters. The lowest BCUT2D eigenvalue weighted by atomic mass is 10.3. The van der Waals surface area contributed by atoms with Crippen LogP contribution in [0, 0.1) is 0 Å². The molecule has 0 saturated carbocycles. The molecule has 4 nitrogen and oxygen atoms in total. The Morgan fingerprint density at radius 3 is 1.79 bits per heavy atom. The van der Waals surface area contributed by atoms with Crippen LogP contribution >= 0.6 is 0 Å². The highest BCUT2D eigenvalue weighted by Crippen LogP contribution is 2.16. The van der Waals surface area contributed by atoms with Crippen molar-refractivity contribution in [2.45, 2.75) is 0 Å². The van der Waals surface area contributed by atoms with Gasteiger partial charge in [0.2, 0.25) is 0 Å². The van der Waals surface area contributed by atoms with E-state index >= 15 is 0 Å². The molecule has 0 radical (unpaired) electrons. The van der Waals surface area contributed by atoms with Gasteiger partial charge in [0.25, 0.3) is 0 Å². The van der Waals surface area contributed by atoms with Crippen molar-refractivity contribution in [3.63, 3.8) is 0 Å². The van der Waals surface area contributed by atoms with Crippen molar-refractivity contribution in [3.05, 3.63) is 30.3 Å². The Morgan fingerprint density at radius 1 is 0.857 bits per heavy atom. The Hall–Kier alpha value is -0.883. The maximum Gasteiger partial charge on any atom is 0.748 e. The molecule has 0 N–H and O–H groups in total.